The van der Waals surface area contributed by atoms with Crippen LogP contribution in [0.5, 0.6) is 0 Å². The Kier molecular flexibility index (Phi) is 3.15. The first-order valence-electron chi connectivity index (χ1n) is 3.36. The van der Waals surface area contributed by atoms with Crippen molar-refractivity contribution in [3.8, 4) is 0 Å². The fourth-order valence-corrected chi connectivity index (χ4v) is 0.773. The Morgan fingerprint density at radius 3 is 2.50 bits per heavy atom. The van der Waals surface area contributed by atoms with Crippen molar-refractivity contribution in [1.29, 1.82) is 0 Å². The summed E-state index contributed by atoms with van der Waals surface area (Å²) in [5, 5.41) is 0. The summed E-state index contributed by atoms with van der Waals surface area (Å²) in [6.45, 7) is 1.32. The Balaban J connectivity index is 0.000000171. The maximum atomic E-state index is 10.1. The molecule has 0 aliphatic carbocycles. The van der Waals surface area contributed by atoms with E-state index in [9.17, 15) is 3.89 Å². The molecular formula is C7H5FO5S. The summed E-state index contributed by atoms with van der Waals surface area (Å²) in [6, 6.07) is 7.53. The number of hydrogen-bond donors (Lipinski definition) is 0. The van der Waals surface area contributed by atoms with Crippen LogP contribution in [-0.4, -0.2) is 13.0 Å². The molecule has 76 valence electrons. The fourth-order valence-electron chi connectivity index (χ4n) is 0.773. The molecule has 0 saturated heterocycles. The van der Waals surface area contributed by atoms with Crippen LogP contribution in [0, 0.1) is 0 Å². The van der Waals surface area contributed by atoms with Gasteiger partial charge in [-0.15, -0.1) is 3.89 Å². The Morgan fingerprint density at radius 1 is 1.36 bits per heavy atom. The third-order valence-corrected chi connectivity index (χ3v) is 1.20. The Bertz CT molecular complexity index is 465. The first kappa shape index (κ1) is 10.6. The van der Waals surface area contributed by atoms with E-state index in [2.05, 4.69) is 0 Å². The second kappa shape index (κ2) is 4.16. The summed E-state index contributed by atoms with van der Waals surface area (Å²) in [5.41, 5.74) is 1.58. The van der Waals surface area contributed by atoms with E-state index in [0.29, 0.717) is 0 Å². The summed E-state index contributed by atoms with van der Waals surface area (Å²) in [6.07, 6.45) is 0. The number of hydrogen-bond acceptors (Lipinski definition) is 4. The Morgan fingerprint density at radius 2 is 1.93 bits per heavy atom. The highest BCUT2D eigenvalue weighted by Gasteiger charge is 2.04. The minimum atomic E-state index is -5.42. The molecule has 0 unspecified atom stereocenters. The van der Waals surface area contributed by atoms with Gasteiger partial charge in [-0.2, -0.15) is 0 Å². The van der Waals surface area contributed by atoms with Gasteiger partial charge in [0.2, 0.25) is 0 Å². The van der Waals surface area contributed by atoms with E-state index in [-0.39, 0.29) is 0 Å². The van der Waals surface area contributed by atoms with Crippen LogP contribution in [0.3, 0.4) is 0 Å². The first-order chi connectivity index (χ1) is 6.47. The molecule has 0 radical (unpaired) electrons. The average Bonchev–Trinajstić information content (AvgIpc) is 2.47. The fraction of sp³-hybridized carbons (Fsp3) is 0. The summed E-state index contributed by atoms with van der Waals surface area (Å²) < 4.78 is 45.2. The van der Waals surface area contributed by atoms with E-state index in [1.54, 1.807) is 0 Å². The molecule has 0 aliphatic rings. The highest BCUT2D eigenvalue weighted by molar-refractivity contribution is 7.80. The second-order valence-corrected chi connectivity index (χ2v) is 2.96. The third kappa shape index (κ3) is 3.97. The maximum Gasteiger partial charge on any atom is 0.485 e. The van der Waals surface area contributed by atoms with Gasteiger partial charge in [-0.1, -0.05) is 12.1 Å². The molecule has 1 aromatic carbocycles. The van der Waals surface area contributed by atoms with Crippen LogP contribution >= 0.6 is 0 Å². The molecule has 1 heterocycles. The lowest BCUT2D eigenvalue weighted by Crippen LogP contribution is -1.81. The molecular weight excluding hydrogens is 215 g/mol. The molecule has 0 saturated carbocycles. The predicted molar refractivity (Wildman–Crippen MR) is 43.7 cm³/mol. The molecule has 0 N–H and O–H groups in total. The van der Waals surface area contributed by atoms with Gasteiger partial charge in [0, 0.05) is 12.1 Å². The molecule has 5 nitrogen and oxygen atoms in total. The summed E-state index contributed by atoms with van der Waals surface area (Å²) in [5.74, 6) is 0. The van der Waals surface area contributed by atoms with Crippen LogP contribution in [0.1, 0.15) is 0 Å². The standard InChI is InChI=1S/C7H5O2.FHO3S/c1-2-4-7-6(3-1)8-5-9-7;1-5(2,3)4/h1-5H;(H,2,3,4)/q+1;/p-1. The smallest absolute Gasteiger partial charge is 0.485 e. The van der Waals surface area contributed by atoms with E-state index in [0.717, 1.165) is 11.2 Å². The topological polar surface area (TPSA) is 81.6 Å². The molecule has 0 bridgehead atoms. The Labute approximate surface area is 78.8 Å². The van der Waals surface area contributed by atoms with Crippen molar-refractivity contribution >= 4 is 21.7 Å². The zero-order valence-corrected chi connectivity index (χ0v) is 7.53. The van der Waals surface area contributed by atoms with E-state index in [1.807, 2.05) is 24.3 Å². The zero-order valence-electron chi connectivity index (χ0n) is 6.71. The van der Waals surface area contributed by atoms with Crippen molar-refractivity contribution < 1.29 is 25.7 Å². The molecule has 1 aromatic heterocycles. The van der Waals surface area contributed by atoms with Crippen molar-refractivity contribution in [2.75, 3.05) is 0 Å². The normalized spacial score (nSPS) is 10.7. The lowest BCUT2D eigenvalue weighted by atomic mass is 10.3. The van der Waals surface area contributed by atoms with Gasteiger partial charge < -0.3 is 4.55 Å². The molecule has 2 rings (SSSR count). The van der Waals surface area contributed by atoms with Gasteiger partial charge >= 0.3 is 17.6 Å². The monoisotopic (exact) mass is 220 g/mol. The third-order valence-electron chi connectivity index (χ3n) is 1.20. The van der Waals surface area contributed by atoms with Gasteiger partial charge in [-0.25, -0.2) is 8.42 Å². The highest BCUT2D eigenvalue weighted by Crippen LogP contribution is 2.12. The summed E-state index contributed by atoms with van der Waals surface area (Å²) >= 11 is 0. The van der Waals surface area contributed by atoms with Crippen molar-refractivity contribution in [2.45, 2.75) is 0 Å². The van der Waals surface area contributed by atoms with Gasteiger partial charge in [0.25, 0.3) is 10.5 Å². The highest BCUT2D eigenvalue weighted by atomic mass is 32.3. The minimum absolute atomic E-state index is 0.789. The SMILES string of the molecule is O=S(=O)([O-])F.c1ccc2[o+]coc2c1. The van der Waals surface area contributed by atoms with Gasteiger partial charge in [-0.05, 0) is 0 Å². The van der Waals surface area contributed by atoms with Gasteiger partial charge in [0.1, 0.15) is 0 Å². The van der Waals surface area contributed by atoms with Gasteiger partial charge in [-0.3, -0.25) is 8.83 Å². The predicted octanol–water partition coefficient (Wildman–Crippen LogP) is 1.72. The molecule has 2 aromatic rings. The maximum absolute atomic E-state index is 10.1. The lowest BCUT2D eigenvalue weighted by Gasteiger charge is -1.84. The summed E-state index contributed by atoms with van der Waals surface area (Å²) in [7, 11) is -5.42. The molecule has 0 aliphatic heterocycles. The van der Waals surface area contributed by atoms with Crippen LogP contribution in [0.4, 0.5) is 3.89 Å². The second-order valence-electron chi connectivity index (χ2n) is 2.17. The quantitative estimate of drug-likeness (QED) is 0.383. The van der Waals surface area contributed by atoms with Gasteiger partial charge in [0.15, 0.2) is 0 Å². The number of benzene rings is 1. The zero-order chi connectivity index (χ0) is 10.6. The number of rotatable bonds is 0. The minimum Gasteiger partial charge on any atom is -0.722 e. The molecule has 0 atom stereocenters. The van der Waals surface area contributed by atoms with Crippen LogP contribution in [0.2, 0.25) is 0 Å². The van der Waals surface area contributed by atoms with E-state index in [1.165, 1.54) is 6.46 Å². The largest absolute Gasteiger partial charge is 0.722 e. The molecule has 7 heteroatoms. The van der Waals surface area contributed by atoms with Crippen LogP contribution < -0.4 is 0 Å². The number of para-hydroxylation sites is 2. The lowest BCUT2D eigenvalue weighted by molar-refractivity contribution is 0.417. The van der Waals surface area contributed by atoms with Crippen molar-refractivity contribution in [2.24, 2.45) is 0 Å². The van der Waals surface area contributed by atoms with Crippen molar-refractivity contribution in [3.63, 3.8) is 0 Å². The Hall–Kier alpha value is -1.47. The van der Waals surface area contributed by atoms with E-state index < -0.39 is 10.5 Å². The molecule has 14 heavy (non-hydrogen) atoms. The number of halogens is 1. The van der Waals surface area contributed by atoms with Crippen molar-refractivity contribution in [3.05, 3.63) is 30.7 Å². The van der Waals surface area contributed by atoms with E-state index in [4.69, 9.17) is 21.8 Å². The van der Waals surface area contributed by atoms with E-state index >= 15 is 0 Å². The number of fused-ring (bicyclic) bond motifs is 1. The molecule has 0 fully saturated rings. The summed E-state index contributed by atoms with van der Waals surface area (Å²) in [4.78, 5) is 0. The van der Waals surface area contributed by atoms with Crippen molar-refractivity contribution in [1.82, 2.24) is 0 Å². The first-order valence-corrected chi connectivity index (χ1v) is 4.67. The average molecular weight is 220 g/mol. The van der Waals surface area contributed by atoms with Gasteiger partial charge in [0.05, 0.1) is 0 Å². The van der Waals surface area contributed by atoms with Crippen LogP contribution in [-0.2, 0) is 10.5 Å². The molecule has 0 amide bonds. The van der Waals surface area contributed by atoms with Crippen LogP contribution in [0.25, 0.3) is 11.2 Å². The van der Waals surface area contributed by atoms with Crippen LogP contribution in [0.15, 0.2) is 39.6 Å². The molecule has 0 spiro atoms.